The van der Waals surface area contributed by atoms with Gasteiger partial charge in [-0.1, -0.05) is 26.0 Å². The minimum absolute atomic E-state index is 0.0251. The summed E-state index contributed by atoms with van der Waals surface area (Å²) in [5.41, 5.74) is 3.65. The number of morpholine rings is 1. The normalized spacial score (nSPS) is 18.8. The fourth-order valence-electron chi connectivity index (χ4n) is 5.46. The number of piperidine rings is 1. The Kier molecular flexibility index (Phi) is 6.34. The highest BCUT2D eigenvalue weighted by atomic mass is 16.5. The van der Waals surface area contributed by atoms with Gasteiger partial charge in [0.05, 0.1) is 30.8 Å². The van der Waals surface area contributed by atoms with Crippen LogP contribution in [0.25, 0.3) is 28.1 Å². The lowest BCUT2D eigenvalue weighted by atomic mass is 9.81. The van der Waals surface area contributed by atoms with Crippen molar-refractivity contribution in [2.75, 3.05) is 50.9 Å². The first-order chi connectivity index (χ1) is 18.0. The van der Waals surface area contributed by atoms with Crippen molar-refractivity contribution in [3.8, 4) is 5.95 Å². The van der Waals surface area contributed by atoms with Crippen LogP contribution in [0.15, 0.2) is 24.3 Å². The standard InChI is InChI=1S/C27H36N8O2/c1-4-21-28-19-7-5-6-8-20(19)35(21)26-30-24-23(25(31-26)34-13-15-37-16-14-34)29-22(32(24)3)17-33-11-9-27(2,18-36)10-12-33/h5-8,36H,4,9-18H2,1-3H3. The van der Waals surface area contributed by atoms with Crippen LogP contribution in [-0.4, -0.2) is 85.1 Å². The molecule has 5 heterocycles. The number of para-hydroxylation sites is 2. The van der Waals surface area contributed by atoms with E-state index in [4.69, 9.17) is 24.7 Å². The van der Waals surface area contributed by atoms with Gasteiger partial charge in [0.25, 0.3) is 0 Å². The lowest BCUT2D eigenvalue weighted by Crippen LogP contribution is -2.40. The topological polar surface area (TPSA) is 97.4 Å². The van der Waals surface area contributed by atoms with Crippen LogP contribution >= 0.6 is 0 Å². The molecule has 0 spiro atoms. The van der Waals surface area contributed by atoms with E-state index in [0.717, 1.165) is 91.7 Å². The first-order valence-electron chi connectivity index (χ1n) is 13.4. The number of nitrogens with zero attached hydrogens (tertiary/aromatic N) is 8. The summed E-state index contributed by atoms with van der Waals surface area (Å²) in [5, 5.41) is 9.76. The molecule has 2 aliphatic rings. The number of ether oxygens (including phenoxy) is 1. The van der Waals surface area contributed by atoms with Crippen molar-refractivity contribution in [2.24, 2.45) is 12.5 Å². The van der Waals surface area contributed by atoms with E-state index >= 15 is 0 Å². The molecule has 10 nitrogen and oxygen atoms in total. The first kappa shape index (κ1) is 24.3. The van der Waals surface area contributed by atoms with E-state index in [1.54, 1.807) is 0 Å². The van der Waals surface area contributed by atoms with Crippen molar-refractivity contribution in [3.63, 3.8) is 0 Å². The number of anilines is 1. The first-order valence-corrected chi connectivity index (χ1v) is 13.4. The van der Waals surface area contributed by atoms with E-state index < -0.39 is 0 Å². The van der Waals surface area contributed by atoms with Gasteiger partial charge in [0.15, 0.2) is 17.0 Å². The number of benzene rings is 1. The summed E-state index contributed by atoms with van der Waals surface area (Å²) < 4.78 is 9.84. The van der Waals surface area contributed by atoms with Crippen LogP contribution in [0.5, 0.6) is 0 Å². The van der Waals surface area contributed by atoms with Crippen molar-refractivity contribution < 1.29 is 9.84 Å². The van der Waals surface area contributed by atoms with Crippen LogP contribution in [0.2, 0.25) is 0 Å². The lowest BCUT2D eigenvalue weighted by molar-refractivity contribution is 0.0544. The molecule has 0 unspecified atom stereocenters. The van der Waals surface area contributed by atoms with Gasteiger partial charge in [0.1, 0.15) is 11.6 Å². The summed E-state index contributed by atoms with van der Waals surface area (Å²) in [7, 11) is 2.05. The molecule has 196 valence electrons. The average molecular weight is 505 g/mol. The quantitative estimate of drug-likeness (QED) is 0.428. The largest absolute Gasteiger partial charge is 0.396 e. The highest BCUT2D eigenvalue weighted by Gasteiger charge is 2.30. The maximum absolute atomic E-state index is 9.76. The van der Waals surface area contributed by atoms with Crippen LogP contribution < -0.4 is 4.90 Å². The lowest BCUT2D eigenvalue weighted by Gasteiger charge is -2.37. The van der Waals surface area contributed by atoms with Gasteiger partial charge >= 0.3 is 0 Å². The molecule has 3 aromatic heterocycles. The highest BCUT2D eigenvalue weighted by molar-refractivity contribution is 5.86. The summed E-state index contributed by atoms with van der Waals surface area (Å²) in [6.07, 6.45) is 2.76. The van der Waals surface area contributed by atoms with Crippen LogP contribution in [0.1, 0.15) is 38.3 Å². The summed E-state index contributed by atoms with van der Waals surface area (Å²) >= 11 is 0. The zero-order chi connectivity index (χ0) is 25.6. The molecule has 0 bridgehead atoms. The summed E-state index contributed by atoms with van der Waals surface area (Å²) in [6, 6.07) is 8.16. The van der Waals surface area contributed by atoms with Crippen LogP contribution in [0.3, 0.4) is 0 Å². The van der Waals surface area contributed by atoms with Crippen molar-refractivity contribution >= 4 is 28.0 Å². The third-order valence-electron chi connectivity index (χ3n) is 8.05. The number of rotatable bonds is 6. The number of aliphatic hydroxyl groups excluding tert-OH is 1. The highest BCUT2D eigenvalue weighted by Crippen LogP contribution is 2.32. The predicted octanol–water partition coefficient (Wildman–Crippen LogP) is 2.70. The Labute approximate surface area is 216 Å². The molecule has 2 aliphatic heterocycles. The Morgan fingerprint density at radius 1 is 0.973 bits per heavy atom. The van der Waals surface area contributed by atoms with E-state index in [9.17, 15) is 5.11 Å². The SMILES string of the molecule is CCc1nc2ccccc2n1-c1nc(N2CCOCC2)c2nc(CN3CCC(C)(CO)CC3)n(C)c2n1. The Morgan fingerprint density at radius 3 is 2.46 bits per heavy atom. The molecule has 6 rings (SSSR count). The molecule has 2 saturated heterocycles. The second-order valence-electron chi connectivity index (χ2n) is 10.7. The predicted molar refractivity (Wildman–Crippen MR) is 143 cm³/mol. The van der Waals surface area contributed by atoms with Gasteiger partial charge in [-0.3, -0.25) is 9.47 Å². The Morgan fingerprint density at radius 2 is 1.73 bits per heavy atom. The molecule has 0 saturated carbocycles. The minimum Gasteiger partial charge on any atom is -0.396 e. The molecule has 1 aromatic carbocycles. The maximum atomic E-state index is 9.76. The molecule has 2 fully saturated rings. The summed E-state index contributed by atoms with van der Waals surface area (Å²) in [4.78, 5) is 24.9. The molecular weight excluding hydrogens is 468 g/mol. The van der Waals surface area contributed by atoms with Crippen LogP contribution in [0, 0.1) is 5.41 Å². The molecule has 37 heavy (non-hydrogen) atoms. The Hall–Kier alpha value is -3.08. The number of aromatic nitrogens is 6. The monoisotopic (exact) mass is 504 g/mol. The van der Waals surface area contributed by atoms with Gasteiger partial charge < -0.3 is 19.3 Å². The number of aryl methyl sites for hydroxylation is 2. The van der Waals surface area contributed by atoms with Gasteiger partial charge in [-0.25, -0.2) is 9.97 Å². The third kappa shape index (κ3) is 4.36. The van der Waals surface area contributed by atoms with Crippen molar-refractivity contribution in [2.45, 2.75) is 39.7 Å². The molecule has 0 radical (unpaired) electrons. The molecule has 10 heteroatoms. The number of hydrogen-bond acceptors (Lipinski definition) is 8. The summed E-state index contributed by atoms with van der Waals surface area (Å²) in [5.74, 6) is 3.41. The van der Waals surface area contributed by atoms with Crippen LogP contribution in [0.4, 0.5) is 5.82 Å². The minimum atomic E-state index is 0.0251. The van der Waals surface area contributed by atoms with Gasteiger partial charge in [0, 0.05) is 33.2 Å². The number of fused-ring (bicyclic) bond motifs is 2. The molecule has 0 amide bonds. The van der Waals surface area contributed by atoms with Crippen molar-refractivity contribution in [3.05, 3.63) is 35.9 Å². The van der Waals surface area contributed by atoms with E-state index in [0.29, 0.717) is 19.2 Å². The van der Waals surface area contributed by atoms with E-state index in [2.05, 4.69) is 45.9 Å². The van der Waals surface area contributed by atoms with E-state index in [-0.39, 0.29) is 12.0 Å². The zero-order valence-electron chi connectivity index (χ0n) is 22.0. The molecular formula is C27H36N8O2. The number of aliphatic hydroxyl groups is 1. The van der Waals surface area contributed by atoms with Crippen molar-refractivity contribution in [1.29, 1.82) is 0 Å². The van der Waals surface area contributed by atoms with Crippen molar-refractivity contribution in [1.82, 2.24) is 34.0 Å². The van der Waals surface area contributed by atoms with E-state index in [1.165, 1.54) is 0 Å². The number of likely N-dealkylation sites (tertiary alicyclic amines) is 1. The Balaban J connectivity index is 1.45. The molecule has 0 atom stereocenters. The zero-order valence-corrected chi connectivity index (χ0v) is 22.0. The molecule has 1 N–H and O–H groups in total. The average Bonchev–Trinajstić information content (AvgIpc) is 3.47. The third-order valence-corrected chi connectivity index (χ3v) is 8.05. The van der Waals surface area contributed by atoms with Gasteiger partial charge in [-0.2, -0.15) is 9.97 Å². The van der Waals surface area contributed by atoms with Gasteiger partial charge in [-0.05, 0) is 43.5 Å². The van der Waals surface area contributed by atoms with Gasteiger partial charge in [-0.15, -0.1) is 0 Å². The Bertz CT molecular complexity index is 1410. The smallest absolute Gasteiger partial charge is 0.239 e. The van der Waals surface area contributed by atoms with E-state index in [1.807, 2.05) is 18.2 Å². The maximum Gasteiger partial charge on any atom is 0.239 e. The number of imidazole rings is 2. The second-order valence-corrected chi connectivity index (χ2v) is 10.7. The van der Waals surface area contributed by atoms with Crippen LogP contribution in [-0.2, 0) is 24.8 Å². The number of hydrogen-bond donors (Lipinski definition) is 1. The second kappa shape index (κ2) is 9.66. The van der Waals surface area contributed by atoms with Gasteiger partial charge in [0.2, 0.25) is 5.95 Å². The fraction of sp³-hybridized carbons (Fsp3) is 0.556. The summed E-state index contributed by atoms with van der Waals surface area (Å²) in [6.45, 7) is 10.1. The molecule has 4 aromatic rings. The molecule has 0 aliphatic carbocycles. The fourth-order valence-corrected chi connectivity index (χ4v) is 5.46.